The average molecular weight is 451 g/mol. The molecule has 0 spiro atoms. The fraction of sp³-hybridized carbons (Fsp3) is 0.263. The quantitative estimate of drug-likeness (QED) is 0.646. The SMILES string of the molecule is CN1C(=N)NC(C)(c2cc(N3c4ccc(F)cc4O[C@@H]3C(N)=O)ccc2F)CS1(=O)=O. The second-order valence-electron chi connectivity index (χ2n) is 7.55. The number of nitrogens with zero attached hydrogens (tertiary/aromatic N) is 2. The summed E-state index contributed by atoms with van der Waals surface area (Å²) in [6.45, 7) is 1.46. The van der Waals surface area contributed by atoms with Crippen LogP contribution in [-0.2, 0) is 20.4 Å². The first-order valence-electron chi connectivity index (χ1n) is 9.11. The molecule has 164 valence electrons. The van der Waals surface area contributed by atoms with Crippen LogP contribution in [0.3, 0.4) is 0 Å². The Morgan fingerprint density at radius 1 is 1.29 bits per heavy atom. The number of nitrogens with two attached hydrogens (primary N) is 1. The molecule has 4 rings (SSSR count). The molecule has 0 saturated carbocycles. The third kappa shape index (κ3) is 3.32. The first-order chi connectivity index (χ1) is 14.4. The number of hydrogen-bond donors (Lipinski definition) is 3. The maximum Gasteiger partial charge on any atom is 0.280 e. The molecule has 1 amide bonds. The molecule has 2 aliphatic rings. The Morgan fingerprint density at radius 3 is 2.65 bits per heavy atom. The van der Waals surface area contributed by atoms with E-state index in [4.69, 9.17) is 15.9 Å². The van der Waals surface area contributed by atoms with Gasteiger partial charge in [0.15, 0.2) is 0 Å². The molecule has 12 heteroatoms. The third-order valence-electron chi connectivity index (χ3n) is 5.32. The van der Waals surface area contributed by atoms with E-state index in [1.807, 2.05) is 0 Å². The highest BCUT2D eigenvalue weighted by molar-refractivity contribution is 7.89. The molecule has 0 aliphatic carbocycles. The van der Waals surface area contributed by atoms with Crippen molar-refractivity contribution in [2.45, 2.75) is 18.7 Å². The molecule has 0 bridgehead atoms. The summed E-state index contributed by atoms with van der Waals surface area (Å²) in [7, 11) is -2.64. The molecule has 2 aromatic rings. The minimum absolute atomic E-state index is 0.0368. The van der Waals surface area contributed by atoms with Crippen LogP contribution in [0.2, 0.25) is 0 Å². The lowest BCUT2D eigenvalue weighted by Crippen LogP contribution is -2.61. The first-order valence-corrected chi connectivity index (χ1v) is 10.7. The van der Waals surface area contributed by atoms with Gasteiger partial charge in [0.05, 0.1) is 17.0 Å². The van der Waals surface area contributed by atoms with E-state index in [2.05, 4.69) is 5.32 Å². The molecule has 1 fully saturated rings. The number of hydrogen-bond acceptors (Lipinski definition) is 6. The lowest BCUT2D eigenvalue weighted by atomic mass is 9.92. The summed E-state index contributed by atoms with van der Waals surface area (Å²) < 4.78 is 59.7. The molecule has 0 aromatic heterocycles. The zero-order valence-electron chi connectivity index (χ0n) is 16.5. The number of rotatable bonds is 3. The summed E-state index contributed by atoms with van der Waals surface area (Å²) in [5, 5.41) is 10.7. The lowest BCUT2D eigenvalue weighted by molar-refractivity contribution is -0.123. The molecule has 31 heavy (non-hydrogen) atoms. The predicted octanol–water partition coefficient (Wildman–Crippen LogP) is 1.32. The summed E-state index contributed by atoms with van der Waals surface area (Å²) >= 11 is 0. The number of anilines is 2. The Kier molecular flexibility index (Phi) is 4.58. The van der Waals surface area contributed by atoms with Crippen LogP contribution < -0.4 is 20.7 Å². The van der Waals surface area contributed by atoms with Crippen molar-refractivity contribution < 1.29 is 26.7 Å². The molecule has 0 radical (unpaired) electrons. The molecule has 1 unspecified atom stereocenters. The minimum Gasteiger partial charge on any atom is -0.458 e. The van der Waals surface area contributed by atoms with Crippen molar-refractivity contribution in [2.24, 2.45) is 5.73 Å². The van der Waals surface area contributed by atoms with E-state index >= 15 is 0 Å². The molecule has 1 saturated heterocycles. The average Bonchev–Trinajstić information content (AvgIpc) is 3.05. The van der Waals surface area contributed by atoms with Gasteiger partial charge in [0.25, 0.3) is 12.1 Å². The maximum atomic E-state index is 14.9. The van der Waals surface area contributed by atoms with Crippen molar-refractivity contribution >= 4 is 33.3 Å². The largest absolute Gasteiger partial charge is 0.458 e. The van der Waals surface area contributed by atoms with Crippen molar-refractivity contribution in [3.05, 3.63) is 53.6 Å². The Morgan fingerprint density at radius 2 is 2.00 bits per heavy atom. The number of benzene rings is 2. The highest BCUT2D eigenvalue weighted by atomic mass is 32.2. The second kappa shape index (κ2) is 6.80. The topological polar surface area (TPSA) is 129 Å². The van der Waals surface area contributed by atoms with Gasteiger partial charge in [-0.05, 0) is 37.3 Å². The van der Waals surface area contributed by atoms with Gasteiger partial charge in [-0.3, -0.25) is 15.1 Å². The van der Waals surface area contributed by atoms with Gasteiger partial charge in [0, 0.05) is 24.4 Å². The van der Waals surface area contributed by atoms with Gasteiger partial charge < -0.3 is 15.8 Å². The lowest BCUT2D eigenvalue weighted by Gasteiger charge is -2.40. The highest BCUT2D eigenvalue weighted by Crippen LogP contribution is 2.43. The fourth-order valence-electron chi connectivity index (χ4n) is 3.75. The number of ether oxygens (including phenoxy) is 1. The molecule has 2 aromatic carbocycles. The summed E-state index contributed by atoms with van der Waals surface area (Å²) in [6.07, 6.45) is -1.31. The third-order valence-corrected chi connectivity index (χ3v) is 7.28. The van der Waals surface area contributed by atoms with Crippen LogP contribution in [0.4, 0.5) is 20.2 Å². The molecule has 4 N–H and O–H groups in total. The molecule has 2 atom stereocenters. The number of amides is 1. The number of nitrogens with one attached hydrogen (secondary N) is 2. The Hall–Kier alpha value is -3.41. The van der Waals surface area contributed by atoms with Gasteiger partial charge in [-0.25, -0.2) is 21.5 Å². The normalized spacial score (nSPS) is 24.4. The van der Waals surface area contributed by atoms with Crippen molar-refractivity contribution in [3.63, 3.8) is 0 Å². The van der Waals surface area contributed by atoms with Gasteiger partial charge in [0.1, 0.15) is 17.4 Å². The number of carbonyl (C=O) groups is 1. The van der Waals surface area contributed by atoms with E-state index in [0.29, 0.717) is 5.69 Å². The van der Waals surface area contributed by atoms with E-state index in [9.17, 15) is 22.0 Å². The highest BCUT2D eigenvalue weighted by Gasteiger charge is 2.44. The Labute approximate surface area is 176 Å². The monoisotopic (exact) mass is 451 g/mol. The van der Waals surface area contributed by atoms with Crippen molar-refractivity contribution in [2.75, 3.05) is 17.7 Å². The van der Waals surface area contributed by atoms with Gasteiger partial charge in [0.2, 0.25) is 16.0 Å². The molecular weight excluding hydrogens is 432 g/mol. The molecule has 2 heterocycles. The standard InChI is InChI=1S/C19H19F2N5O4S/c1-19(9-31(28,29)25(2)18(23)24-19)12-8-11(4-5-13(12)21)26-14-6-3-10(20)7-15(14)30-17(26)16(22)27/h3-8,17H,9H2,1-2H3,(H2,22,27)(H2,23,24)/t17-,19?/m1/s1. The van der Waals surface area contributed by atoms with Crippen molar-refractivity contribution in [3.8, 4) is 5.75 Å². The van der Waals surface area contributed by atoms with Crippen LogP contribution in [0, 0.1) is 17.0 Å². The second-order valence-corrected chi connectivity index (χ2v) is 9.55. The fourth-order valence-corrected chi connectivity index (χ4v) is 5.22. The Balaban J connectivity index is 1.83. The van der Waals surface area contributed by atoms with E-state index in [-0.39, 0.29) is 17.0 Å². The smallest absolute Gasteiger partial charge is 0.280 e. The molecule has 9 nitrogen and oxygen atoms in total. The van der Waals surface area contributed by atoms with Gasteiger partial charge in [-0.2, -0.15) is 0 Å². The zero-order valence-corrected chi connectivity index (χ0v) is 17.3. The van der Waals surface area contributed by atoms with E-state index in [0.717, 1.165) is 16.4 Å². The van der Waals surface area contributed by atoms with E-state index < -0.39 is 51.0 Å². The van der Waals surface area contributed by atoms with Crippen LogP contribution in [0.1, 0.15) is 12.5 Å². The number of fused-ring (bicyclic) bond motifs is 1. The number of guanidine groups is 1. The van der Waals surface area contributed by atoms with E-state index in [1.165, 1.54) is 43.1 Å². The van der Waals surface area contributed by atoms with Crippen molar-refractivity contribution in [1.29, 1.82) is 5.41 Å². The number of primary amides is 1. The van der Waals surface area contributed by atoms with Crippen LogP contribution in [0.5, 0.6) is 5.75 Å². The van der Waals surface area contributed by atoms with Crippen molar-refractivity contribution in [1.82, 2.24) is 9.62 Å². The predicted molar refractivity (Wildman–Crippen MR) is 108 cm³/mol. The number of sulfonamides is 1. The van der Waals surface area contributed by atoms with Crippen LogP contribution in [-0.4, -0.2) is 43.6 Å². The molecular formula is C19H19F2N5O4S. The zero-order chi connectivity index (χ0) is 22.7. The van der Waals surface area contributed by atoms with Gasteiger partial charge in [-0.15, -0.1) is 0 Å². The van der Waals surface area contributed by atoms with Crippen LogP contribution in [0.25, 0.3) is 0 Å². The first kappa shape index (κ1) is 20.8. The van der Waals surface area contributed by atoms with Gasteiger partial charge in [-0.1, -0.05) is 0 Å². The summed E-state index contributed by atoms with van der Waals surface area (Å²) in [5.74, 6) is -2.95. The minimum atomic E-state index is -3.87. The van der Waals surface area contributed by atoms with E-state index in [1.54, 1.807) is 0 Å². The summed E-state index contributed by atoms with van der Waals surface area (Å²) in [4.78, 5) is 13.4. The Bertz CT molecular complexity index is 1220. The maximum absolute atomic E-state index is 14.9. The van der Waals surface area contributed by atoms with Crippen LogP contribution >= 0.6 is 0 Å². The van der Waals surface area contributed by atoms with Gasteiger partial charge >= 0.3 is 0 Å². The number of carbonyl (C=O) groups excluding carboxylic acids is 1. The number of halogens is 2. The van der Waals surface area contributed by atoms with Crippen LogP contribution in [0.15, 0.2) is 36.4 Å². The summed E-state index contributed by atoms with van der Waals surface area (Å²) in [5.41, 5.74) is 4.56. The molecule has 2 aliphatic heterocycles. The summed E-state index contributed by atoms with van der Waals surface area (Å²) in [6, 6.07) is 7.52.